The van der Waals surface area contributed by atoms with Crippen LogP contribution >= 0.6 is 0 Å². The molecule has 1 saturated heterocycles. The predicted molar refractivity (Wildman–Crippen MR) is 120 cm³/mol. The zero-order valence-electron chi connectivity index (χ0n) is 17.9. The molecule has 0 aliphatic carbocycles. The minimum atomic E-state index is -4.53. The Hall–Kier alpha value is -3.67. The molecular formula is C23H21F3N7O+. The van der Waals surface area contributed by atoms with Crippen molar-refractivity contribution < 1.29 is 22.6 Å². The number of fused-ring (bicyclic) bond motifs is 1. The normalized spacial score (nSPS) is 23.8. The van der Waals surface area contributed by atoms with Gasteiger partial charge in [-0.15, -0.1) is 4.59 Å². The molecule has 3 aliphatic heterocycles. The number of allylic oxidation sites excluding steroid dienone is 1. The van der Waals surface area contributed by atoms with Crippen LogP contribution in [0.25, 0.3) is 0 Å². The van der Waals surface area contributed by atoms with Gasteiger partial charge in [0.05, 0.1) is 29.6 Å². The number of benzene rings is 1. The molecule has 1 amide bonds. The summed E-state index contributed by atoms with van der Waals surface area (Å²) in [6.07, 6.45) is 3.56. The number of carbonyl (C=O) groups excluding carboxylic acids is 1. The van der Waals surface area contributed by atoms with Crippen LogP contribution in [0.4, 0.5) is 19.0 Å². The van der Waals surface area contributed by atoms with Crippen molar-refractivity contribution in [2.24, 2.45) is 15.8 Å². The van der Waals surface area contributed by atoms with Gasteiger partial charge in [-0.25, -0.2) is 4.98 Å². The van der Waals surface area contributed by atoms with E-state index in [0.717, 1.165) is 49.1 Å². The number of quaternary nitrogens is 1. The van der Waals surface area contributed by atoms with E-state index in [1.165, 1.54) is 0 Å². The van der Waals surface area contributed by atoms with Crippen molar-refractivity contribution in [3.8, 4) is 0 Å². The first-order chi connectivity index (χ1) is 16.3. The van der Waals surface area contributed by atoms with E-state index < -0.39 is 17.6 Å². The molecule has 3 aliphatic rings. The van der Waals surface area contributed by atoms with Crippen LogP contribution in [0.1, 0.15) is 34.3 Å². The van der Waals surface area contributed by atoms with Crippen molar-refractivity contribution >= 4 is 23.8 Å². The highest BCUT2D eigenvalue weighted by Crippen LogP contribution is 2.34. The van der Waals surface area contributed by atoms with Crippen LogP contribution in [0.15, 0.2) is 76.4 Å². The predicted octanol–water partition coefficient (Wildman–Crippen LogP) is 3.32. The van der Waals surface area contributed by atoms with E-state index in [2.05, 4.69) is 20.6 Å². The fourth-order valence-corrected chi connectivity index (χ4v) is 4.21. The number of pyridine rings is 1. The molecule has 4 heterocycles. The third-order valence-corrected chi connectivity index (χ3v) is 5.95. The van der Waals surface area contributed by atoms with Crippen molar-refractivity contribution in [2.45, 2.75) is 25.1 Å². The van der Waals surface area contributed by atoms with Gasteiger partial charge in [-0.3, -0.25) is 9.79 Å². The molecule has 2 unspecified atom stereocenters. The number of rotatable bonds is 4. The first kappa shape index (κ1) is 22.1. The van der Waals surface area contributed by atoms with Gasteiger partial charge in [-0.1, -0.05) is 0 Å². The first-order valence-corrected chi connectivity index (χ1v) is 10.7. The maximum Gasteiger partial charge on any atom is 0.416 e. The van der Waals surface area contributed by atoms with Crippen LogP contribution in [-0.2, 0) is 6.18 Å². The Morgan fingerprint density at radius 3 is 2.71 bits per heavy atom. The van der Waals surface area contributed by atoms with Crippen LogP contribution in [-0.4, -0.2) is 40.1 Å². The molecule has 34 heavy (non-hydrogen) atoms. The SMILES string of the molecule is N[N+]12C=CN=CC1=C(C1CCCN1)N=C2c1ccc(C(=O)Nc2cc(C(F)(F)F)ccn2)cc1. The van der Waals surface area contributed by atoms with Crippen molar-refractivity contribution in [2.75, 3.05) is 11.9 Å². The monoisotopic (exact) mass is 468 g/mol. The first-order valence-electron chi connectivity index (χ1n) is 10.7. The average molecular weight is 468 g/mol. The summed E-state index contributed by atoms with van der Waals surface area (Å²) in [5.41, 5.74) is 1.71. The van der Waals surface area contributed by atoms with Crippen molar-refractivity contribution in [1.29, 1.82) is 0 Å². The number of anilines is 1. The number of hydrogen-bond donors (Lipinski definition) is 3. The zero-order valence-corrected chi connectivity index (χ0v) is 17.9. The molecule has 1 aromatic heterocycles. The molecule has 8 nitrogen and oxygen atoms in total. The van der Waals surface area contributed by atoms with Gasteiger partial charge in [0, 0.05) is 11.8 Å². The maximum absolute atomic E-state index is 12.9. The molecule has 2 aromatic rings. The Kier molecular flexibility index (Phi) is 5.39. The van der Waals surface area contributed by atoms with Gasteiger partial charge >= 0.3 is 6.18 Å². The molecule has 4 N–H and O–H groups in total. The van der Waals surface area contributed by atoms with Gasteiger partial charge in [0.25, 0.3) is 11.7 Å². The van der Waals surface area contributed by atoms with Crippen LogP contribution in [0, 0.1) is 0 Å². The van der Waals surface area contributed by atoms with Crippen LogP contribution < -0.4 is 16.5 Å². The van der Waals surface area contributed by atoms with Gasteiger partial charge in [0.1, 0.15) is 17.7 Å². The molecule has 0 radical (unpaired) electrons. The number of halogens is 3. The highest BCUT2D eigenvalue weighted by atomic mass is 19.4. The van der Waals surface area contributed by atoms with E-state index in [1.807, 2.05) is 0 Å². The minimum absolute atomic E-state index is 0.0940. The molecule has 174 valence electrons. The van der Waals surface area contributed by atoms with E-state index in [1.54, 1.807) is 42.9 Å². The highest BCUT2D eigenvalue weighted by molar-refractivity contribution is 6.05. The second-order valence-electron chi connectivity index (χ2n) is 8.17. The highest BCUT2D eigenvalue weighted by Gasteiger charge is 2.46. The number of nitrogens with one attached hydrogen (secondary N) is 2. The Labute approximate surface area is 193 Å². The van der Waals surface area contributed by atoms with Crippen molar-refractivity contribution in [3.63, 3.8) is 0 Å². The van der Waals surface area contributed by atoms with Crippen LogP contribution in [0.5, 0.6) is 0 Å². The Balaban J connectivity index is 1.38. The van der Waals surface area contributed by atoms with Crippen LogP contribution in [0.2, 0.25) is 0 Å². The standard InChI is InChI=1S/C23H20F3N7O/c24-23(25,26)16-7-9-30-19(12-16)31-22(34)15-5-3-14(4-6-15)21-32-20(17-2-1-8-29-17)18-13-28-10-11-33(18,21)27/h3-7,9-13,17,29H,1-2,8,27H2/p+1. The number of nitrogens with two attached hydrogens (primary N) is 1. The van der Waals surface area contributed by atoms with Crippen molar-refractivity contribution in [3.05, 3.63) is 83.1 Å². The maximum atomic E-state index is 12.9. The molecular weight excluding hydrogens is 447 g/mol. The number of nitrogens with zero attached hydrogens (tertiary/aromatic N) is 4. The molecule has 5 rings (SSSR count). The summed E-state index contributed by atoms with van der Waals surface area (Å²) >= 11 is 0. The lowest BCUT2D eigenvalue weighted by Gasteiger charge is -2.26. The lowest BCUT2D eigenvalue weighted by atomic mass is 10.1. The fraction of sp³-hybridized carbons (Fsp3) is 0.217. The lowest BCUT2D eigenvalue weighted by Crippen LogP contribution is -2.53. The van der Waals surface area contributed by atoms with Gasteiger partial charge < -0.3 is 10.6 Å². The summed E-state index contributed by atoms with van der Waals surface area (Å²) < 4.78 is 38.6. The molecule has 1 aromatic carbocycles. The summed E-state index contributed by atoms with van der Waals surface area (Å²) in [6, 6.07) is 8.29. The van der Waals surface area contributed by atoms with E-state index >= 15 is 0 Å². The number of alkyl halides is 3. The van der Waals surface area contributed by atoms with Crippen LogP contribution in [0.3, 0.4) is 0 Å². The third kappa shape index (κ3) is 3.94. The number of carbonyl (C=O) groups is 1. The molecule has 0 bridgehead atoms. The Bertz CT molecular complexity index is 1260. The van der Waals surface area contributed by atoms with Gasteiger partial charge in [0.15, 0.2) is 0 Å². The smallest absolute Gasteiger partial charge is 0.308 e. The van der Waals surface area contributed by atoms with E-state index in [4.69, 9.17) is 10.8 Å². The third-order valence-electron chi connectivity index (χ3n) is 5.95. The number of hydrogen-bond acceptors (Lipinski definition) is 6. The molecule has 11 heteroatoms. The van der Waals surface area contributed by atoms with E-state index in [9.17, 15) is 18.0 Å². The summed E-state index contributed by atoms with van der Waals surface area (Å²) in [7, 11) is 0. The van der Waals surface area contributed by atoms with E-state index in [-0.39, 0.29) is 22.0 Å². The van der Waals surface area contributed by atoms with Crippen molar-refractivity contribution in [1.82, 2.24) is 10.3 Å². The summed E-state index contributed by atoms with van der Waals surface area (Å²) in [4.78, 5) is 25.5. The Morgan fingerprint density at radius 1 is 1.21 bits per heavy atom. The average Bonchev–Trinajstić information content (AvgIpc) is 3.44. The second kappa shape index (κ2) is 8.28. The summed E-state index contributed by atoms with van der Waals surface area (Å²) in [6.45, 7) is 0.911. The molecule has 2 atom stereocenters. The quantitative estimate of drug-likeness (QED) is 0.473. The van der Waals surface area contributed by atoms with E-state index in [0.29, 0.717) is 11.4 Å². The lowest BCUT2D eigenvalue weighted by molar-refractivity contribution is -0.750. The Morgan fingerprint density at radius 2 is 2.00 bits per heavy atom. The number of amides is 1. The van der Waals surface area contributed by atoms with Gasteiger partial charge in [0.2, 0.25) is 5.70 Å². The van der Waals surface area contributed by atoms with Gasteiger partial charge in [-0.2, -0.15) is 24.0 Å². The summed E-state index contributed by atoms with van der Waals surface area (Å²) in [5.74, 6) is 6.54. The molecule has 0 spiro atoms. The minimum Gasteiger partial charge on any atom is -0.308 e. The number of aliphatic imine (C=N–C) groups is 2. The van der Waals surface area contributed by atoms with Gasteiger partial charge in [-0.05, 0) is 55.8 Å². The molecule has 0 saturated carbocycles. The largest absolute Gasteiger partial charge is 0.416 e. The molecule has 1 fully saturated rings. The number of aromatic nitrogens is 1. The topological polar surface area (TPSA) is 105 Å². The zero-order chi connectivity index (χ0) is 23.9. The fourth-order valence-electron chi connectivity index (χ4n) is 4.21. The second-order valence-corrected chi connectivity index (χ2v) is 8.17. The summed E-state index contributed by atoms with van der Waals surface area (Å²) in [5, 5.41) is 5.84. The number of amidine groups is 1.